The molecule has 0 saturated carbocycles. The van der Waals surface area contributed by atoms with Gasteiger partial charge in [-0.2, -0.15) is 0 Å². The lowest BCUT2D eigenvalue weighted by molar-refractivity contribution is -0.125. The molecule has 1 N–H and O–H groups in total. The lowest BCUT2D eigenvalue weighted by atomic mass is 10.1. The fourth-order valence-corrected chi connectivity index (χ4v) is 2.75. The van der Waals surface area contributed by atoms with Crippen molar-refractivity contribution in [2.45, 2.75) is 20.0 Å². The van der Waals surface area contributed by atoms with Gasteiger partial charge < -0.3 is 19.3 Å². The van der Waals surface area contributed by atoms with Gasteiger partial charge in [-0.05, 0) is 26.0 Å². The smallest absolute Gasteiger partial charge is 0.344 e. The average molecular weight is 380 g/mol. The van der Waals surface area contributed by atoms with E-state index in [0.29, 0.717) is 28.5 Å². The predicted molar refractivity (Wildman–Crippen MR) is 102 cm³/mol. The molecule has 0 saturated heterocycles. The number of amides is 1. The summed E-state index contributed by atoms with van der Waals surface area (Å²) in [6.07, 6.45) is -1.14. The first kappa shape index (κ1) is 19.2. The van der Waals surface area contributed by atoms with Crippen LogP contribution in [0.15, 0.2) is 59.1 Å². The predicted octanol–water partition coefficient (Wildman–Crippen LogP) is 3.84. The summed E-state index contributed by atoms with van der Waals surface area (Å²) in [7, 11) is 1.54. The van der Waals surface area contributed by atoms with Crippen LogP contribution in [0.5, 0.6) is 5.75 Å². The topological polar surface area (TPSA) is 90.7 Å². The second-order valence-electron chi connectivity index (χ2n) is 6.12. The van der Waals surface area contributed by atoms with Crippen LogP contribution in [0.4, 0.5) is 5.69 Å². The molecule has 144 valence electrons. The highest BCUT2D eigenvalue weighted by molar-refractivity contribution is 5.98. The molecule has 7 heteroatoms. The molecule has 2 aromatic carbocycles. The second kappa shape index (κ2) is 8.39. The molecule has 1 aromatic heterocycles. The number of esters is 1. The molecule has 28 heavy (non-hydrogen) atoms. The summed E-state index contributed by atoms with van der Waals surface area (Å²) in [5.41, 5.74) is 1.69. The van der Waals surface area contributed by atoms with E-state index in [-0.39, 0.29) is 5.56 Å². The maximum Gasteiger partial charge on any atom is 0.344 e. The number of methoxy groups -OCH3 is 1. The fourth-order valence-electron chi connectivity index (χ4n) is 2.75. The summed E-state index contributed by atoms with van der Waals surface area (Å²) < 4.78 is 15.7. The van der Waals surface area contributed by atoms with E-state index < -0.39 is 18.0 Å². The van der Waals surface area contributed by atoms with Crippen LogP contribution < -0.4 is 10.1 Å². The Morgan fingerprint density at radius 1 is 1.07 bits per heavy atom. The molecule has 3 rings (SSSR count). The van der Waals surface area contributed by atoms with Crippen LogP contribution in [-0.2, 0) is 9.53 Å². The van der Waals surface area contributed by atoms with Gasteiger partial charge in [0.2, 0.25) is 6.10 Å². The van der Waals surface area contributed by atoms with Gasteiger partial charge in [-0.15, -0.1) is 0 Å². The van der Waals surface area contributed by atoms with Gasteiger partial charge in [-0.3, -0.25) is 4.79 Å². The van der Waals surface area contributed by atoms with E-state index in [2.05, 4.69) is 10.5 Å². The highest BCUT2D eigenvalue weighted by Gasteiger charge is 2.28. The number of hydrogen-bond donors (Lipinski definition) is 1. The number of aromatic nitrogens is 1. The fraction of sp³-hybridized carbons (Fsp3) is 0.190. The van der Waals surface area contributed by atoms with Gasteiger partial charge in [0.1, 0.15) is 17.1 Å². The Morgan fingerprint density at radius 2 is 1.82 bits per heavy atom. The van der Waals surface area contributed by atoms with Crippen LogP contribution in [0.2, 0.25) is 0 Å². The number of rotatable bonds is 6. The van der Waals surface area contributed by atoms with Gasteiger partial charge in [0.15, 0.2) is 0 Å². The van der Waals surface area contributed by atoms with Crippen molar-refractivity contribution in [3.05, 3.63) is 77.2 Å². The summed E-state index contributed by atoms with van der Waals surface area (Å²) in [5.74, 6) is -0.227. The van der Waals surface area contributed by atoms with Crippen molar-refractivity contribution < 1.29 is 23.6 Å². The number of carbonyl (C=O) groups excluding carboxylic acids is 2. The van der Waals surface area contributed by atoms with Gasteiger partial charge in [0, 0.05) is 17.3 Å². The number of ether oxygens (including phenoxy) is 2. The van der Waals surface area contributed by atoms with Crippen LogP contribution in [0, 0.1) is 13.8 Å². The van der Waals surface area contributed by atoms with Crippen LogP contribution in [0.3, 0.4) is 0 Å². The van der Waals surface area contributed by atoms with Crippen molar-refractivity contribution in [2.75, 3.05) is 12.4 Å². The molecule has 0 aliphatic heterocycles. The Hall–Kier alpha value is -3.61. The van der Waals surface area contributed by atoms with Crippen LogP contribution in [0.1, 0.15) is 33.5 Å². The Bertz CT molecular complexity index is 962. The van der Waals surface area contributed by atoms with Crippen molar-refractivity contribution in [1.29, 1.82) is 0 Å². The zero-order valence-electron chi connectivity index (χ0n) is 15.8. The summed E-state index contributed by atoms with van der Waals surface area (Å²) in [6, 6.07) is 15.7. The highest BCUT2D eigenvalue weighted by atomic mass is 16.6. The normalized spacial score (nSPS) is 11.5. The lowest BCUT2D eigenvalue weighted by Gasteiger charge is -2.18. The Balaban J connectivity index is 1.87. The number of benzene rings is 2. The zero-order valence-corrected chi connectivity index (χ0v) is 15.8. The maximum atomic E-state index is 12.9. The molecular formula is C21H20N2O5. The molecule has 1 heterocycles. The number of nitrogens with one attached hydrogen (secondary N) is 1. The van der Waals surface area contributed by atoms with Gasteiger partial charge in [0.05, 0.1) is 12.8 Å². The molecule has 7 nitrogen and oxygen atoms in total. The molecule has 1 amide bonds. The summed E-state index contributed by atoms with van der Waals surface area (Å²) in [6.45, 7) is 3.26. The van der Waals surface area contributed by atoms with E-state index in [1.807, 2.05) is 6.07 Å². The first-order valence-corrected chi connectivity index (χ1v) is 8.63. The van der Waals surface area contributed by atoms with E-state index in [0.717, 1.165) is 0 Å². The molecule has 3 aromatic rings. The van der Waals surface area contributed by atoms with Crippen molar-refractivity contribution in [3.63, 3.8) is 0 Å². The van der Waals surface area contributed by atoms with E-state index >= 15 is 0 Å². The van der Waals surface area contributed by atoms with Crippen molar-refractivity contribution >= 4 is 17.6 Å². The standard InChI is InChI=1S/C21H20N2O5/c1-13-18(14(2)28-23-13)21(25)27-19(15-8-5-4-6-9-15)20(24)22-16-10-7-11-17(12-16)26-3/h4-12,19H,1-3H3,(H,22,24)/t19-/m1/s1. The third-order valence-corrected chi connectivity index (χ3v) is 4.14. The first-order chi connectivity index (χ1) is 13.5. The summed E-state index contributed by atoms with van der Waals surface area (Å²) in [5, 5.41) is 6.52. The quantitative estimate of drug-likeness (QED) is 0.654. The van der Waals surface area contributed by atoms with E-state index in [4.69, 9.17) is 14.0 Å². The highest BCUT2D eigenvalue weighted by Crippen LogP contribution is 2.24. The molecule has 0 aliphatic carbocycles. The summed E-state index contributed by atoms with van der Waals surface area (Å²) >= 11 is 0. The molecular weight excluding hydrogens is 360 g/mol. The molecule has 1 atom stereocenters. The number of aryl methyl sites for hydroxylation is 2. The third kappa shape index (κ3) is 4.20. The van der Waals surface area contributed by atoms with Gasteiger partial charge >= 0.3 is 5.97 Å². The van der Waals surface area contributed by atoms with Crippen molar-refractivity contribution in [3.8, 4) is 5.75 Å². The minimum absolute atomic E-state index is 0.218. The molecule has 0 fully saturated rings. The van der Waals surface area contributed by atoms with Crippen LogP contribution in [-0.4, -0.2) is 24.1 Å². The summed E-state index contributed by atoms with van der Waals surface area (Å²) in [4.78, 5) is 25.6. The Kier molecular flexibility index (Phi) is 5.74. The van der Waals surface area contributed by atoms with E-state index in [9.17, 15) is 9.59 Å². The van der Waals surface area contributed by atoms with Gasteiger partial charge in [-0.25, -0.2) is 4.79 Å². The van der Waals surface area contributed by atoms with Gasteiger partial charge in [-0.1, -0.05) is 41.6 Å². The molecule has 0 unspecified atom stereocenters. The minimum Gasteiger partial charge on any atom is -0.497 e. The number of hydrogen-bond acceptors (Lipinski definition) is 6. The molecule has 0 radical (unpaired) electrons. The first-order valence-electron chi connectivity index (χ1n) is 8.63. The van der Waals surface area contributed by atoms with Gasteiger partial charge in [0.25, 0.3) is 5.91 Å². The van der Waals surface area contributed by atoms with E-state index in [1.54, 1.807) is 69.5 Å². The van der Waals surface area contributed by atoms with Crippen LogP contribution in [0.25, 0.3) is 0 Å². The SMILES string of the molecule is COc1cccc(NC(=O)[C@H](OC(=O)c2c(C)noc2C)c2ccccc2)c1. The second-order valence-corrected chi connectivity index (χ2v) is 6.12. The number of anilines is 1. The maximum absolute atomic E-state index is 12.9. The Morgan fingerprint density at radius 3 is 2.46 bits per heavy atom. The zero-order chi connectivity index (χ0) is 20.1. The average Bonchev–Trinajstić information content (AvgIpc) is 3.05. The molecule has 0 aliphatic rings. The molecule has 0 bridgehead atoms. The monoisotopic (exact) mass is 380 g/mol. The minimum atomic E-state index is -1.14. The number of nitrogens with zero attached hydrogens (tertiary/aromatic N) is 1. The van der Waals surface area contributed by atoms with E-state index in [1.165, 1.54) is 0 Å². The third-order valence-electron chi connectivity index (χ3n) is 4.14. The lowest BCUT2D eigenvalue weighted by Crippen LogP contribution is -2.26. The van der Waals surface area contributed by atoms with Crippen molar-refractivity contribution in [2.24, 2.45) is 0 Å². The van der Waals surface area contributed by atoms with Crippen molar-refractivity contribution in [1.82, 2.24) is 5.16 Å². The Labute approximate surface area is 162 Å². The molecule has 0 spiro atoms. The largest absolute Gasteiger partial charge is 0.497 e. The van der Waals surface area contributed by atoms with Crippen LogP contribution >= 0.6 is 0 Å². The number of carbonyl (C=O) groups is 2.